The van der Waals surface area contributed by atoms with Gasteiger partial charge in [-0.2, -0.15) is 13.2 Å². The van der Waals surface area contributed by atoms with Crippen LogP contribution in [0.15, 0.2) is 24.3 Å². The van der Waals surface area contributed by atoms with Gasteiger partial charge in [0.25, 0.3) is 5.91 Å². The van der Waals surface area contributed by atoms with E-state index in [-0.39, 0.29) is 5.69 Å². The highest BCUT2D eigenvalue weighted by Crippen LogP contribution is 2.62. The first kappa shape index (κ1) is 17.5. The zero-order valence-electron chi connectivity index (χ0n) is 14.6. The number of carbonyl (C=O) groups excluding carboxylic acids is 2. The molecule has 1 aromatic rings. The van der Waals surface area contributed by atoms with E-state index < -0.39 is 46.2 Å². The fraction of sp³-hybridized carbons (Fsp3) is 0.556. The fourth-order valence-corrected chi connectivity index (χ4v) is 5.13. The maximum Gasteiger partial charge on any atom is 0.416 e. The molecular weight excluding hydrogens is 349 g/mol. The summed E-state index contributed by atoms with van der Waals surface area (Å²) in [7, 11) is 1.59. The molecule has 0 radical (unpaired) electrons. The van der Waals surface area contributed by atoms with Crippen molar-refractivity contribution in [1.29, 1.82) is 0 Å². The van der Waals surface area contributed by atoms with E-state index in [9.17, 15) is 22.8 Å². The number of halogens is 3. The largest absolute Gasteiger partial charge is 0.416 e. The second-order valence-corrected chi connectivity index (χ2v) is 7.66. The Bertz CT molecular complexity index is 826. The Hall–Kier alpha value is -1.93. The van der Waals surface area contributed by atoms with E-state index in [0.717, 1.165) is 17.0 Å². The van der Waals surface area contributed by atoms with Crippen molar-refractivity contribution in [2.24, 2.45) is 5.92 Å². The molecule has 4 rings (SSSR count). The molecule has 3 aliphatic heterocycles. The maximum atomic E-state index is 13.3. The molecule has 3 fully saturated rings. The van der Waals surface area contributed by atoms with Crippen molar-refractivity contribution in [3.05, 3.63) is 29.8 Å². The second-order valence-electron chi connectivity index (χ2n) is 7.66. The van der Waals surface area contributed by atoms with Crippen molar-refractivity contribution in [2.75, 3.05) is 11.9 Å². The van der Waals surface area contributed by atoms with Crippen LogP contribution in [0.25, 0.3) is 0 Å². The van der Waals surface area contributed by atoms with Crippen LogP contribution in [-0.4, -0.2) is 35.6 Å². The highest BCUT2D eigenvalue weighted by molar-refractivity contribution is 6.27. The first-order valence-corrected chi connectivity index (χ1v) is 8.45. The third-order valence-corrected chi connectivity index (χ3v) is 6.27. The summed E-state index contributed by atoms with van der Waals surface area (Å²) in [6.45, 7) is 3.58. The van der Waals surface area contributed by atoms with E-state index in [1.807, 2.05) is 0 Å². The average Bonchev–Trinajstić information content (AvgIpc) is 3.08. The van der Waals surface area contributed by atoms with Crippen molar-refractivity contribution >= 4 is 17.5 Å². The molecule has 3 heterocycles. The predicted molar refractivity (Wildman–Crippen MR) is 86.3 cm³/mol. The highest BCUT2D eigenvalue weighted by atomic mass is 19.4. The molecule has 140 valence electrons. The third-order valence-electron chi connectivity index (χ3n) is 6.27. The molecule has 0 aromatic heterocycles. The number of imide groups is 1. The molecule has 2 amide bonds. The molecule has 1 N–H and O–H groups in total. The molecule has 26 heavy (non-hydrogen) atoms. The summed E-state index contributed by atoms with van der Waals surface area (Å²) in [6, 6.07) is 4.31. The number of carbonyl (C=O) groups is 2. The van der Waals surface area contributed by atoms with Gasteiger partial charge in [-0.3, -0.25) is 9.59 Å². The quantitative estimate of drug-likeness (QED) is 0.815. The summed E-state index contributed by atoms with van der Waals surface area (Å²) in [5.74, 6) is -1.85. The molecule has 4 atom stereocenters. The van der Waals surface area contributed by atoms with Crippen molar-refractivity contribution < 1.29 is 27.5 Å². The molecular formula is C18H19F3N2O3. The van der Waals surface area contributed by atoms with Crippen LogP contribution in [0, 0.1) is 5.92 Å². The number of hydrogen-bond donors (Lipinski definition) is 1. The van der Waals surface area contributed by atoms with Gasteiger partial charge in [0.2, 0.25) is 5.91 Å². The van der Waals surface area contributed by atoms with Crippen molar-refractivity contribution in [3.63, 3.8) is 0 Å². The number of hydrogen-bond acceptors (Lipinski definition) is 4. The van der Waals surface area contributed by atoms with Gasteiger partial charge in [0, 0.05) is 0 Å². The van der Waals surface area contributed by atoms with Crippen molar-refractivity contribution in [1.82, 2.24) is 5.32 Å². The minimum atomic E-state index is -4.56. The normalized spacial score (nSPS) is 39.0. The summed E-state index contributed by atoms with van der Waals surface area (Å²) >= 11 is 0. The van der Waals surface area contributed by atoms with Gasteiger partial charge < -0.3 is 10.1 Å². The van der Waals surface area contributed by atoms with Crippen LogP contribution < -0.4 is 10.2 Å². The van der Waals surface area contributed by atoms with Crippen LogP contribution in [0.2, 0.25) is 0 Å². The van der Waals surface area contributed by atoms with Gasteiger partial charge >= 0.3 is 6.18 Å². The fourth-order valence-electron chi connectivity index (χ4n) is 5.13. The lowest BCUT2D eigenvalue weighted by Crippen LogP contribution is -2.66. The lowest BCUT2D eigenvalue weighted by atomic mass is 9.63. The van der Waals surface area contributed by atoms with Crippen LogP contribution in [0.4, 0.5) is 18.9 Å². The number of nitrogens with one attached hydrogen (secondary N) is 1. The standard InChI is InChI=1S/C18H19F3N2O3/c1-15-7-8-16(2,26-15)17(22-3)12(15)13(24)23(14(17)25)11-6-4-5-10(9-11)18(19,20)21/h4-6,9,12,22H,7-8H2,1-3H3/t12?,15?,16?,17-/m1/s1. The van der Waals surface area contributed by atoms with Crippen LogP contribution in [0.1, 0.15) is 32.3 Å². The Balaban J connectivity index is 1.85. The van der Waals surface area contributed by atoms with Gasteiger partial charge in [-0.25, -0.2) is 4.90 Å². The van der Waals surface area contributed by atoms with Crippen LogP contribution in [0.5, 0.6) is 0 Å². The monoisotopic (exact) mass is 368 g/mol. The molecule has 1 aromatic carbocycles. The van der Waals surface area contributed by atoms with E-state index in [1.165, 1.54) is 12.1 Å². The SMILES string of the molecule is CN[C@@]12C(=O)N(c3cccc(C(F)(F)F)c3)C(=O)C1C1(C)CCC2(C)O1. The number of benzene rings is 1. The van der Waals surface area contributed by atoms with E-state index >= 15 is 0 Å². The first-order valence-electron chi connectivity index (χ1n) is 8.45. The molecule has 3 saturated heterocycles. The smallest absolute Gasteiger partial charge is 0.366 e. The average molecular weight is 368 g/mol. The number of fused-ring (bicyclic) bond motifs is 5. The Morgan fingerprint density at radius 2 is 1.92 bits per heavy atom. The van der Waals surface area contributed by atoms with Gasteiger partial charge in [0.1, 0.15) is 5.54 Å². The summed E-state index contributed by atoms with van der Waals surface area (Å²) in [5.41, 5.74) is -3.94. The summed E-state index contributed by atoms with van der Waals surface area (Å²) in [6.07, 6.45) is -3.35. The van der Waals surface area contributed by atoms with Gasteiger partial charge in [-0.1, -0.05) is 6.07 Å². The molecule has 0 aliphatic carbocycles. The van der Waals surface area contributed by atoms with Gasteiger partial charge in [0.15, 0.2) is 0 Å². The lowest BCUT2D eigenvalue weighted by molar-refractivity contribution is -0.138. The molecule has 0 spiro atoms. The number of alkyl halides is 3. The van der Waals surface area contributed by atoms with Gasteiger partial charge in [-0.15, -0.1) is 0 Å². The zero-order chi connectivity index (χ0) is 19.1. The van der Waals surface area contributed by atoms with Gasteiger partial charge in [0.05, 0.1) is 28.4 Å². The highest BCUT2D eigenvalue weighted by Gasteiger charge is 2.81. The molecule has 0 saturated carbocycles. The summed E-state index contributed by atoms with van der Waals surface area (Å²) in [4.78, 5) is 27.4. The topological polar surface area (TPSA) is 58.6 Å². The Morgan fingerprint density at radius 1 is 1.23 bits per heavy atom. The van der Waals surface area contributed by atoms with E-state index in [0.29, 0.717) is 12.8 Å². The van der Waals surface area contributed by atoms with Crippen LogP contribution >= 0.6 is 0 Å². The molecule has 8 heteroatoms. The first-order chi connectivity index (χ1) is 12.0. The van der Waals surface area contributed by atoms with Crippen LogP contribution in [-0.2, 0) is 20.5 Å². The van der Waals surface area contributed by atoms with Crippen molar-refractivity contribution in [2.45, 2.75) is 49.6 Å². The number of amides is 2. The molecule has 5 nitrogen and oxygen atoms in total. The number of likely N-dealkylation sites (N-methyl/N-ethyl adjacent to an activating group) is 1. The Morgan fingerprint density at radius 3 is 2.50 bits per heavy atom. The molecule has 3 unspecified atom stereocenters. The Kier molecular flexibility index (Phi) is 3.27. The van der Waals surface area contributed by atoms with E-state index in [1.54, 1.807) is 20.9 Å². The van der Waals surface area contributed by atoms with Gasteiger partial charge in [-0.05, 0) is 51.9 Å². The minimum Gasteiger partial charge on any atom is -0.366 e. The third kappa shape index (κ3) is 1.84. The summed E-state index contributed by atoms with van der Waals surface area (Å²) < 4.78 is 45.3. The van der Waals surface area contributed by atoms with E-state index in [4.69, 9.17) is 4.74 Å². The second kappa shape index (κ2) is 4.86. The summed E-state index contributed by atoms with van der Waals surface area (Å²) in [5, 5.41) is 3.00. The van der Waals surface area contributed by atoms with E-state index in [2.05, 4.69) is 5.32 Å². The Labute approximate surface area is 148 Å². The number of nitrogens with zero attached hydrogens (tertiary/aromatic N) is 1. The number of rotatable bonds is 2. The minimum absolute atomic E-state index is 0.0644. The number of ether oxygens (including phenoxy) is 1. The lowest BCUT2D eigenvalue weighted by Gasteiger charge is -2.40. The maximum absolute atomic E-state index is 13.3. The van der Waals surface area contributed by atoms with Crippen LogP contribution in [0.3, 0.4) is 0 Å². The molecule has 3 aliphatic rings. The number of anilines is 1. The zero-order valence-corrected chi connectivity index (χ0v) is 14.6. The predicted octanol–water partition coefficient (Wildman–Crippen LogP) is 2.49. The molecule has 2 bridgehead atoms. The van der Waals surface area contributed by atoms with Crippen molar-refractivity contribution in [3.8, 4) is 0 Å².